The molecule has 0 radical (unpaired) electrons. The molecule has 2 rings (SSSR count). The van der Waals surface area contributed by atoms with Crippen molar-refractivity contribution in [2.24, 2.45) is 0 Å². The van der Waals surface area contributed by atoms with E-state index in [0.29, 0.717) is 17.4 Å². The molecule has 0 saturated carbocycles. The normalized spacial score (nSPS) is 13.2. The minimum atomic E-state index is -1.29. The highest BCUT2D eigenvalue weighted by Crippen LogP contribution is 2.16. The van der Waals surface area contributed by atoms with E-state index in [1.54, 1.807) is 48.5 Å². The van der Waals surface area contributed by atoms with Crippen LogP contribution in [0, 0.1) is 0 Å². The Balaban J connectivity index is 2.21. The molecule has 20 heavy (non-hydrogen) atoms. The molecule has 0 spiro atoms. The molecule has 2 aromatic rings. The molecule has 0 heterocycles. The van der Waals surface area contributed by atoms with E-state index in [9.17, 15) is 14.7 Å². The number of carbonyl (C=O) groups is 2. The molecule has 4 heteroatoms. The summed E-state index contributed by atoms with van der Waals surface area (Å²) in [7, 11) is 0. The number of aliphatic hydroxyl groups is 1. The van der Waals surface area contributed by atoms with Gasteiger partial charge in [-0.1, -0.05) is 48.5 Å². The number of aliphatic hydroxyl groups excluding tert-OH is 1. The number of aldehydes is 1. The third-order valence-corrected chi connectivity index (χ3v) is 2.96. The monoisotopic (exact) mass is 269 g/mol. The van der Waals surface area contributed by atoms with Crippen LogP contribution in [0.1, 0.15) is 22.0 Å². The van der Waals surface area contributed by atoms with Crippen molar-refractivity contribution in [2.75, 3.05) is 0 Å². The van der Waals surface area contributed by atoms with Crippen LogP contribution in [0.5, 0.6) is 0 Å². The lowest BCUT2D eigenvalue weighted by Crippen LogP contribution is -2.37. The number of nitrogens with one attached hydrogen (secondary N) is 1. The van der Waals surface area contributed by atoms with Crippen molar-refractivity contribution >= 4 is 12.2 Å². The van der Waals surface area contributed by atoms with Crippen LogP contribution in [0.4, 0.5) is 0 Å². The largest absolute Gasteiger partial charge is 0.383 e. The van der Waals surface area contributed by atoms with E-state index in [0.717, 1.165) is 0 Å². The summed E-state index contributed by atoms with van der Waals surface area (Å²) in [5.41, 5.74) is 1.16. The van der Waals surface area contributed by atoms with E-state index < -0.39 is 12.1 Å². The maximum absolute atomic E-state index is 12.1. The van der Waals surface area contributed by atoms with Crippen LogP contribution >= 0.6 is 0 Å². The Bertz CT molecular complexity index is 569. The second-order valence-corrected chi connectivity index (χ2v) is 4.35. The summed E-state index contributed by atoms with van der Waals surface area (Å²) in [5, 5.41) is 12.5. The Morgan fingerprint density at radius 3 is 2.10 bits per heavy atom. The van der Waals surface area contributed by atoms with Gasteiger partial charge in [-0.3, -0.25) is 4.79 Å². The van der Waals surface area contributed by atoms with Gasteiger partial charge in [0.2, 0.25) is 0 Å². The van der Waals surface area contributed by atoms with E-state index in [2.05, 4.69) is 5.32 Å². The van der Waals surface area contributed by atoms with Gasteiger partial charge in [0.25, 0.3) is 5.91 Å². The van der Waals surface area contributed by atoms with Crippen molar-refractivity contribution < 1.29 is 14.7 Å². The molecule has 0 fully saturated rings. The quantitative estimate of drug-likeness (QED) is 0.812. The average Bonchev–Trinajstić information content (AvgIpc) is 2.53. The van der Waals surface area contributed by atoms with E-state index >= 15 is 0 Å². The highest BCUT2D eigenvalue weighted by atomic mass is 16.3. The fourth-order valence-corrected chi connectivity index (χ4v) is 1.92. The first-order valence-corrected chi connectivity index (χ1v) is 6.26. The van der Waals surface area contributed by atoms with E-state index in [1.165, 1.54) is 0 Å². The minimum absolute atomic E-state index is 0.333. The minimum Gasteiger partial charge on any atom is -0.383 e. The molecular weight excluding hydrogens is 254 g/mol. The third kappa shape index (κ3) is 3.30. The zero-order chi connectivity index (χ0) is 14.4. The van der Waals surface area contributed by atoms with Crippen LogP contribution in [0.2, 0.25) is 0 Å². The molecule has 2 aromatic carbocycles. The van der Waals surface area contributed by atoms with Crippen molar-refractivity contribution in [3.8, 4) is 0 Å². The van der Waals surface area contributed by atoms with Crippen LogP contribution in [-0.4, -0.2) is 23.4 Å². The van der Waals surface area contributed by atoms with Crippen molar-refractivity contribution in [2.45, 2.75) is 12.1 Å². The van der Waals surface area contributed by atoms with Crippen molar-refractivity contribution in [3.63, 3.8) is 0 Å². The first-order chi connectivity index (χ1) is 9.72. The van der Waals surface area contributed by atoms with Gasteiger partial charge < -0.3 is 15.2 Å². The zero-order valence-corrected chi connectivity index (χ0v) is 10.8. The van der Waals surface area contributed by atoms with Crippen LogP contribution in [0.25, 0.3) is 0 Å². The van der Waals surface area contributed by atoms with Gasteiger partial charge in [-0.15, -0.1) is 0 Å². The van der Waals surface area contributed by atoms with E-state index in [1.807, 2.05) is 12.1 Å². The topological polar surface area (TPSA) is 66.4 Å². The second kappa shape index (κ2) is 6.63. The predicted octanol–water partition coefficient (Wildman–Crippen LogP) is 1.72. The van der Waals surface area contributed by atoms with Crippen molar-refractivity contribution in [1.82, 2.24) is 5.32 Å². The molecule has 0 saturated heterocycles. The average molecular weight is 269 g/mol. The Hall–Kier alpha value is -2.46. The second-order valence-electron chi connectivity index (χ2n) is 4.35. The molecule has 0 bridgehead atoms. The SMILES string of the molecule is O=CC(O)C(NC(=O)c1ccccc1)c1ccccc1. The molecule has 0 aliphatic rings. The molecule has 2 atom stereocenters. The Labute approximate surface area is 117 Å². The standard InChI is InChI=1S/C16H15NO3/c18-11-14(19)15(12-7-3-1-4-8-12)17-16(20)13-9-5-2-6-10-13/h1-11,14-15,19H,(H,17,20). The van der Waals surface area contributed by atoms with Gasteiger partial charge in [0.1, 0.15) is 6.10 Å². The van der Waals surface area contributed by atoms with Crippen LogP contribution in [-0.2, 0) is 4.79 Å². The number of hydrogen-bond acceptors (Lipinski definition) is 3. The third-order valence-electron chi connectivity index (χ3n) is 2.96. The Morgan fingerprint density at radius 1 is 1.00 bits per heavy atom. The first kappa shape index (κ1) is 14.0. The molecule has 0 aliphatic carbocycles. The first-order valence-electron chi connectivity index (χ1n) is 6.26. The maximum atomic E-state index is 12.1. The summed E-state index contributed by atoms with van der Waals surface area (Å²) in [6.07, 6.45) is -0.867. The lowest BCUT2D eigenvalue weighted by atomic mass is 10.0. The maximum Gasteiger partial charge on any atom is 0.251 e. The Morgan fingerprint density at radius 2 is 1.55 bits per heavy atom. The number of hydrogen-bond donors (Lipinski definition) is 2. The molecule has 2 N–H and O–H groups in total. The Kier molecular flexibility index (Phi) is 4.63. The molecule has 4 nitrogen and oxygen atoms in total. The lowest BCUT2D eigenvalue weighted by molar-refractivity contribution is -0.116. The summed E-state index contributed by atoms with van der Waals surface area (Å²) < 4.78 is 0. The lowest BCUT2D eigenvalue weighted by Gasteiger charge is -2.21. The fourth-order valence-electron chi connectivity index (χ4n) is 1.92. The van der Waals surface area contributed by atoms with Gasteiger partial charge in [-0.05, 0) is 17.7 Å². The van der Waals surface area contributed by atoms with E-state index in [-0.39, 0.29) is 5.91 Å². The van der Waals surface area contributed by atoms with E-state index in [4.69, 9.17) is 0 Å². The van der Waals surface area contributed by atoms with Gasteiger partial charge in [-0.25, -0.2) is 0 Å². The summed E-state index contributed by atoms with van der Waals surface area (Å²) in [5.74, 6) is -0.333. The van der Waals surface area contributed by atoms with Gasteiger partial charge in [0.05, 0.1) is 6.04 Å². The number of benzene rings is 2. The van der Waals surface area contributed by atoms with Gasteiger partial charge in [0, 0.05) is 5.56 Å². The van der Waals surface area contributed by atoms with Crippen LogP contribution in [0.3, 0.4) is 0 Å². The predicted molar refractivity (Wildman–Crippen MR) is 75.2 cm³/mol. The summed E-state index contributed by atoms with van der Waals surface area (Å²) >= 11 is 0. The number of amides is 1. The molecule has 102 valence electrons. The smallest absolute Gasteiger partial charge is 0.251 e. The summed E-state index contributed by atoms with van der Waals surface area (Å²) in [6, 6.07) is 16.8. The van der Waals surface area contributed by atoms with Crippen molar-refractivity contribution in [1.29, 1.82) is 0 Å². The molecule has 1 amide bonds. The fraction of sp³-hybridized carbons (Fsp3) is 0.125. The summed E-state index contributed by atoms with van der Waals surface area (Å²) in [4.78, 5) is 22.9. The highest BCUT2D eigenvalue weighted by Gasteiger charge is 2.22. The summed E-state index contributed by atoms with van der Waals surface area (Å²) in [6.45, 7) is 0. The van der Waals surface area contributed by atoms with Crippen LogP contribution < -0.4 is 5.32 Å². The number of rotatable bonds is 5. The van der Waals surface area contributed by atoms with Crippen LogP contribution in [0.15, 0.2) is 60.7 Å². The molecular formula is C16H15NO3. The van der Waals surface area contributed by atoms with Gasteiger partial charge in [0.15, 0.2) is 6.29 Å². The molecule has 2 unspecified atom stereocenters. The van der Waals surface area contributed by atoms with Gasteiger partial charge in [-0.2, -0.15) is 0 Å². The molecule has 0 aromatic heterocycles. The number of carbonyl (C=O) groups excluding carboxylic acids is 2. The van der Waals surface area contributed by atoms with Gasteiger partial charge >= 0.3 is 0 Å². The molecule has 0 aliphatic heterocycles. The highest BCUT2D eigenvalue weighted by molar-refractivity contribution is 5.94. The van der Waals surface area contributed by atoms with Crippen molar-refractivity contribution in [3.05, 3.63) is 71.8 Å². The zero-order valence-electron chi connectivity index (χ0n) is 10.8.